The van der Waals surface area contributed by atoms with Crippen molar-refractivity contribution in [1.82, 2.24) is 5.32 Å². The van der Waals surface area contributed by atoms with Gasteiger partial charge in [0.25, 0.3) is 5.91 Å². The molecule has 0 aromatic heterocycles. The lowest BCUT2D eigenvalue weighted by Gasteiger charge is -2.34. The minimum Gasteiger partial charge on any atom is -0.381 e. The SMILES string of the molecule is COC1CC(NC(=O)c2ccc(CCN)cc2)C1. The van der Waals surface area contributed by atoms with Crippen LogP contribution in [-0.2, 0) is 11.2 Å². The minimum atomic E-state index is -0.00569. The molecule has 1 saturated carbocycles. The van der Waals surface area contributed by atoms with Gasteiger partial charge in [-0.05, 0) is 43.5 Å². The number of hydrogen-bond acceptors (Lipinski definition) is 3. The molecule has 1 amide bonds. The van der Waals surface area contributed by atoms with Gasteiger partial charge in [-0.1, -0.05) is 12.1 Å². The number of hydrogen-bond donors (Lipinski definition) is 2. The van der Waals surface area contributed by atoms with E-state index in [0.29, 0.717) is 18.2 Å². The molecule has 18 heavy (non-hydrogen) atoms. The lowest BCUT2D eigenvalue weighted by molar-refractivity contribution is 0.0176. The predicted octanol–water partition coefficient (Wildman–Crippen LogP) is 1.09. The zero-order valence-corrected chi connectivity index (χ0v) is 10.7. The Hall–Kier alpha value is -1.39. The van der Waals surface area contributed by atoms with Crippen molar-refractivity contribution in [3.63, 3.8) is 0 Å². The number of nitrogens with one attached hydrogen (secondary N) is 1. The number of carbonyl (C=O) groups excluding carboxylic acids is 1. The summed E-state index contributed by atoms with van der Waals surface area (Å²) in [5.74, 6) is -0.00569. The number of rotatable bonds is 5. The summed E-state index contributed by atoms with van der Waals surface area (Å²) in [5.41, 5.74) is 7.35. The fourth-order valence-electron chi connectivity index (χ4n) is 2.13. The van der Waals surface area contributed by atoms with E-state index >= 15 is 0 Å². The van der Waals surface area contributed by atoms with Crippen molar-refractivity contribution >= 4 is 5.91 Å². The molecule has 4 nitrogen and oxygen atoms in total. The molecular weight excluding hydrogens is 228 g/mol. The molecule has 0 radical (unpaired) electrons. The Balaban J connectivity index is 1.85. The molecule has 0 bridgehead atoms. The Labute approximate surface area is 108 Å². The van der Waals surface area contributed by atoms with Gasteiger partial charge in [0.1, 0.15) is 0 Å². The summed E-state index contributed by atoms with van der Waals surface area (Å²) in [4.78, 5) is 11.9. The normalized spacial score (nSPS) is 22.3. The van der Waals surface area contributed by atoms with Gasteiger partial charge in [-0.2, -0.15) is 0 Å². The second kappa shape index (κ2) is 5.98. The lowest BCUT2D eigenvalue weighted by atomic mass is 9.89. The number of amides is 1. The van der Waals surface area contributed by atoms with Crippen molar-refractivity contribution in [2.75, 3.05) is 13.7 Å². The molecule has 1 aromatic carbocycles. The Morgan fingerprint density at radius 2 is 2.06 bits per heavy atom. The van der Waals surface area contributed by atoms with Crippen molar-refractivity contribution in [3.05, 3.63) is 35.4 Å². The molecule has 1 aliphatic rings. The smallest absolute Gasteiger partial charge is 0.251 e. The molecule has 1 aromatic rings. The van der Waals surface area contributed by atoms with Gasteiger partial charge in [-0.25, -0.2) is 0 Å². The van der Waals surface area contributed by atoms with Gasteiger partial charge in [0.2, 0.25) is 0 Å². The second-order valence-electron chi connectivity index (χ2n) is 4.74. The van der Waals surface area contributed by atoms with Crippen LogP contribution in [0.5, 0.6) is 0 Å². The molecular formula is C14H20N2O2. The highest BCUT2D eigenvalue weighted by Gasteiger charge is 2.30. The van der Waals surface area contributed by atoms with E-state index in [4.69, 9.17) is 10.5 Å². The summed E-state index contributed by atoms with van der Waals surface area (Å²) in [6.45, 7) is 0.631. The average molecular weight is 248 g/mol. The number of carbonyl (C=O) groups is 1. The molecule has 0 aliphatic heterocycles. The van der Waals surface area contributed by atoms with Crippen LogP contribution in [0.3, 0.4) is 0 Å². The van der Waals surface area contributed by atoms with E-state index in [1.807, 2.05) is 24.3 Å². The van der Waals surface area contributed by atoms with Gasteiger partial charge in [-0.15, -0.1) is 0 Å². The highest BCUT2D eigenvalue weighted by atomic mass is 16.5. The molecule has 3 N–H and O–H groups in total. The Morgan fingerprint density at radius 1 is 1.39 bits per heavy atom. The van der Waals surface area contributed by atoms with Crippen LogP contribution in [0.4, 0.5) is 0 Å². The Bertz CT molecular complexity index is 397. The fourth-order valence-corrected chi connectivity index (χ4v) is 2.13. The van der Waals surface area contributed by atoms with Crippen molar-refractivity contribution in [2.45, 2.75) is 31.4 Å². The Kier molecular flexibility index (Phi) is 4.33. The van der Waals surface area contributed by atoms with Crippen molar-refractivity contribution in [2.24, 2.45) is 5.73 Å². The fraction of sp³-hybridized carbons (Fsp3) is 0.500. The summed E-state index contributed by atoms with van der Waals surface area (Å²) in [5, 5.41) is 3.00. The van der Waals surface area contributed by atoms with E-state index < -0.39 is 0 Å². The molecule has 98 valence electrons. The monoisotopic (exact) mass is 248 g/mol. The van der Waals surface area contributed by atoms with Crippen LogP contribution in [0.25, 0.3) is 0 Å². The first kappa shape index (κ1) is 13.1. The highest BCUT2D eigenvalue weighted by molar-refractivity contribution is 5.94. The molecule has 1 fully saturated rings. The maximum Gasteiger partial charge on any atom is 0.251 e. The lowest BCUT2D eigenvalue weighted by Crippen LogP contribution is -2.47. The molecule has 4 heteroatoms. The van der Waals surface area contributed by atoms with Crippen LogP contribution < -0.4 is 11.1 Å². The van der Waals surface area contributed by atoms with E-state index in [-0.39, 0.29) is 11.9 Å². The van der Waals surface area contributed by atoms with E-state index in [1.165, 1.54) is 0 Å². The van der Waals surface area contributed by atoms with Gasteiger partial charge in [0, 0.05) is 18.7 Å². The van der Waals surface area contributed by atoms with Gasteiger partial charge in [0.15, 0.2) is 0 Å². The van der Waals surface area contributed by atoms with Gasteiger partial charge in [-0.3, -0.25) is 4.79 Å². The standard InChI is InChI=1S/C14H20N2O2/c1-18-13-8-12(9-13)16-14(17)11-4-2-10(3-5-11)6-7-15/h2-5,12-13H,6-9,15H2,1H3,(H,16,17). The molecule has 0 atom stereocenters. The number of ether oxygens (including phenoxy) is 1. The van der Waals surface area contributed by atoms with Crippen molar-refractivity contribution < 1.29 is 9.53 Å². The van der Waals surface area contributed by atoms with E-state index in [9.17, 15) is 4.79 Å². The largest absolute Gasteiger partial charge is 0.381 e. The quantitative estimate of drug-likeness (QED) is 0.820. The third-order valence-electron chi connectivity index (χ3n) is 3.41. The first-order chi connectivity index (χ1) is 8.72. The van der Waals surface area contributed by atoms with Gasteiger partial charge < -0.3 is 15.8 Å². The predicted molar refractivity (Wildman–Crippen MR) is 70.5 cm³/mol. The maximum atomic E-state index is 11.9. The Morgan fingerprint density at radius 3 is 2.61 bits per heavy atom. The number of nitrogens with two attached hydrogens (primary N) is 1. The first-order valence-corrected chi connectivity index (χ1v) is 6.35. The van der Waals surface area contributed by atoms with Crippen LogP contribution in [0, 0.1) is 0 Å². The van der Waals surface area contributed by atoms with Crippen LogP contribution in [-0.4, -0.2) is 31.7 Å². The van der Waals surface area contributed by atoms with E-state index in [0.717, 1.165) is 24.8 Å². The number of methoxy groups -OCH3 is 1. The van der Waals surface area contributed by atoms with Crippen LogP contribution in [0.1, 0.15) is 28.8 Å². The van der Waals surface area contributed by atoms with E-state index in [2.05, 4.69) is 5.32 Å². The van der Waals surface area contributed by atoms with Gasteiger partial charge >= 0.3 is 0 Å². The topological polar surface area (TPSA) is 64.3 Å². The zero-order valence-electron chi connectivity index (χ0n) is 10.7. The molecule has 0 spiro atoms. The zero-order chi connectivity index (χ0) is 13.0. The van der Waals surface area contributed by atoms with Gasteiger partial charge in [0.05, 0.1) is 6.10 Å². The molecule has 0 heterocycles. The summed E-state index contributed by atoms with van der Waals surface area (Å²) >= 11 is 0. The summed E-state index contributed by atoms with van der Waals surface area (Å²) < 4.78 is 5.18. The van der Waals surface area contributed by atoms with Crippen LogP contribution in [0.15, 0.2) is 24.3 Å². The first-order valence-electron chi connectivity index (χ1n) is 6.35. The third-order valence-corrected chi connectivity index (χ3v) is 3.41. The number of benzene rings is 1. The van der Waals surface area contributed by atoms with E-state index in [1.54, 1.807) is 7.11 Å². The maximum absolute atomic E-state index is 11.9. The summed E-state index contributed by atoms with van der Waals surface area (Å²) in [7, 11) is 1.71. The van der Waals surface area contributed by atoms with Crippen molar-refractivity contribution in [1.29, 1.82) is 0 Å². The molecule has 2 rings (SSSR count). The second-order valence-corrected chi connectivity index (χ2v) is 4.74. The molecule has 1 aliphatic carbocycles. The molecule has 0 saturated heterocycles. The molecule has 0 unspecified atom stereocenters. The minimum absolute atomic E-state index is 0.00569. The average Bonchev–Trinajstić information content (AvgIpc) is 2.34. The van der Waals surface area contributed by atoms with Crippen LogP contribution in [0.2, 0.25) is 0 Å². The summed E-state index contributed by atoms with van der Waals surface area (Å²) in [6, 6.07) is 7.88. The van der Waals surface area contributed by atoms with Crippen molar-refractivity contribution in [3.8, 4) is 0 Å². The van der Waals surface area contributed by atoms with Crippen LogP contribution >= 0.6 is 0 Å². The summed E-state index contributed by atoms with van der Waals surface area (Å²) in [6.07, 6.45) is 2.98. The highest BCUT2D eigenvalue weighted by Crippen LogP contribution is 2.22. The third kappa shape index (κ3) is 3.09.